The number of nitrogens with one attached hydrogen (secondary N) is 4. The van der Waals surface area contributed by atoms with Crippen LogP contribution in [0.1, 0.15) is 85.8 Å². The Labute approximate surface area is 334 Å². The molecule has 58 heavy (non-hydrogen) atoms. The Hall–Kier alpha value is -4.83. The lowest BCUT2D eigenvalue weighted by atomic mass is 9.83. The third-order valence-electron chi connectivity index (χ3n) is 12.0. The Kier molecular flexibility index (Phi) is 13.1. The maximum Gasteiger partial charge on any atom is 0.272 e. The van der Waals surface area contributed by atoms with Gasteiger partial charge in [0.05, 0.1) is 35.4 Å². The monoisotopic (exact) mass is 807 g/mol. The second-order valence-electron chi connectivity index (χ2n) is 16.2. The van der Waals surface area contributed by atoms with E-state index in [0.29, 0.717) is 61.1 Å². The Balaban J connectivity index is 0.790. The number of amides is 4. The summed E-state index contributed by atoms with van der Waals surface area (Å²) in [4.78, 5) is 67.8. The van der Waals surface area contributed by atoms with Gasteiger partial charge in [0.15, 0.2) is 0 Å². The maximum absolute atomic E-state index is 14.7. The number of aromatic nitrogens is 2. The van der Waals surface area contributed by atoms with E-state index in [0.717, 1.165) is 44.9 Å². The third-order valence-corrected chi connectivity index (χ3v) is 12.0. The molecule has 4 N–H and O–H groups in total. The molecule has 2 aromatic carbocycles. The number of fused-ring (bicyclic) bond motifs is 1. The molecular formula is C42H52F3N7O6. The highest BCUT2D eigenvalue weighted by Gasteiger charge is 2.61. The fraction of sp³-hybridized carbons (Fsp3) is 0.571. The van der Waals surface area contributed by atoms with Crippen LogP contribution in [0.25, 0.3) is 10.8 Å². The molecule has 1 aromatic heterocycles. The smallest absolute Gasteiger partial charge is 0.272 e. The number of likely N-dealkylation sites (tertiary alicyclic amines) is 2. The van der Waals surface area contributed by atoms with Crippen LogP contribution in [0.4, 0.5) is 13.2 Å². The summed E-state index contributed by atoms with van der Waals surface area (Å²) in [5.41, 5.74) is 0.804. The van der Waals surface area contributed by atoms with E-state index >= 15 is 0 Å². The number of halogens is 3. The fourth-order valence-corrected chi connectivity index (χ4v) is 8.57. The summed E-state index contributed by atoms with van der Waals surface area (Å²) in [5.74, 6) is -6.72. The normalized spacial score (nSPS) is 21.0. The maximum atomic E-state index is 14.7. The molecule has 16 heteroatoms. The lowest BCUT2D eigenvalue weighted by Gasteiger charge is -2.39. The average molecular weight is 808 g/mol. The van der Waals surface area contributed by atoms with Gasteiger partial charge in [-0.25, -0.2) is 18.3 Å². The van der Waals surface area contributed by atoms with Gasteiger partial charge in [0.2, 0.25) is 17.7 Å². The number of ether oxygens (including phenoxy) is 1. The Morgan fingerprint density at radius 3 is 2.22 bits per heavy atom. The lowest BCUT2D eigenvalue weighted by molar-refractivity contribution is -0.142. The first kappa shape index (κ1) is 41.3. The van der Waals surface area contributed by atoms with Crippen LogP contribution >= 0.6 is 0 Å². The quantitative estimate of drug-likeness (QED) is 0.179. The van der Waals surface area contributed by atoms with Gasteiger partial charge in [0.1, 0.15) is 17.8 Å². The summed E-state index contributed by atoms with van der Waals surface area (Å²) in [6.07, 6.45) is 7.24. The Morgan fingerprint density at radius 1 is 0.879 bits per heavy atom. The Bertz CT molecular complexity index is 2030. The predicted octanol–water partition coefficient (Wildman–Crippen LogP) is 3.69. The largest absolute Gasteiger partial charge is 0.375 e. The minimum atomic E-state index is -2.98. The number of carbonyl (C=O) groups is 4. The zero-order valence-corrected chi connectivity index (χ0v) is 32.6. The summed E-state index contributed by atoms with van der Waals surface area (Å²) in [6, 6.07) is 10.5. The molecule has 2 saturated carbocycles. The molecule has 3 heterocycles. The highest BCUT2D eigenvalue weighted by atomic mass is 19.3. The number of piperidine rings is 2. The van der Waals surface area contributed by atoms with E-state index in [9.17, 15) is 37.1 Å². The minimum absolute atomic E-state index is 0.0176. The summed E-state index contributed by atoms with van der Waals surface area (Å²) in [5, 5.41) is 16.0. The number of alkyl halides is 2. The number of carbonyl (C=O) groups excluding carboxylic acids is 4. The Morgan fingerprint density at radius 2 is 1.53 bits per heavy atom. The van der Waals surface area contributed by atoms with E-state index in [1.807, 2.05) is 4.90 Å². The number of rotatable bonds is 14. The van der Waals surface area contributed by atoms with Crippen molar-refractivity contribution >= 4 is 34.4 Å². The number of H-pyrrole nitrogens is 1. The molecule has 4 amide bonds. The van der Waals surface area contributed by atoms with Crippen LogP contribution in [-0.2, 0) is 25.5 Å². The SMILES string of the molecule is O=C(CN1CCC(OC2CCN(C(=O)C(NC(=O)[C@@H]3CC3(F)F)C3CCCCC3)CC2)CC1)NCCNC(=O)c1cc(Cc2n[nH]c(=O)c3ccccc23)ccc1F. The van der Waals surface area contributed by atoms with Crippen LogP contribution in [0.15, 0.2) is 47.3 Å². The van der Waals surface area contributed by atoms with Gasteiger partial charge in [-0.3, -0.25) is 28.9 Å². The molecule has 0 radical (unpaired) electrons. The van der Waals surface area contributed by atoms with E-state index in [-0.39, 0.29) is 67.1 Å². The third kappa shape index (κ3) is 10.2. The van der Waals surface area contributed by atoms with Crippen LogP contribution in [-0.4, -0.2) is 114 Å². The second kappa shape index (κ2) is 18.4. The second-order valence-corrected chi connectivity index (χ2v) is 16.2. The van der Waals surface area contributed by atoms with Crippen LogP contribution in [0.3, 0.4) is 0 Å². The van der Waals surface area contributed by atoms with Crippen LogP contribution < -0.4 is 21.5 Å². The van der Waals surface area contributed by atoms with Gasteiger partial charge in [0.25, 0.3) is 17.4 Å². The summed E-state index contributed by atoms with van der Waals surface area (Å²) >= 11 is 0. The van der Waals surface area contributed by atoms with Crippen molar-refractivity contribution in [2.45, 2.75) is 94.8 Å². The predicted molar refractivity (Wildman–Crippen MR) is 209 cm³/mol. The first-order valence-electron chi connectivity index (χ1n) is 20.6. The van der Waals surface area contributed by atoms with Gasteiger partial charge in [-0.2, -0.15) is 5.10 Å². The van der Waals surface area contributed by atoms with Crippen molar-refractivity contribution < 1.29 is 37.1 Å². The minimum Gasteiger partial charge on any atom is -0.375 e. The van der Waals surface area contributed by atoms with Crippen LogP contribution in [0.2, 0.25) is 0 Å². The number of hydrogen-bond donors (Lipinski definition) is 4. The van der Waals surface area contributed by atoms with Gasteiger partial charge in [-0.1, -0.05) is 43.5 Å². The number of hydrogen-bond acceptors (Lipinski definition) is 8. The molecule has 2 aliphatic carbocycles. The van der Waals surface area contributed by atoms with Crippen molar-refractivity contribution in [3.8, 4) is 0 Å². The van der Waals surface area contributed by atoms with E-state index < -0.39 is 41.9 Å². The van der Waals surface area contributed by atoms with Crippen molar-refractivity contribution in [2.24, 2.45) is 11.8 Å². The molecule has 2 saturated heterocycles. The van der Waals surface area contributed by atoms with Crippen molar-refractivity contribution in [2.75, 3.05) is 45.8 Å². The molecule has 312 valence electrons. The van der Waals surface area contributed by atoms with Crippen molar-refractivity contribution in [3.05, 3.63) is 75.5 Å². The molecule has 3 aromatic rings. The molecule has 4 aliphatic rings. The molecule has 4 fully saturated rings. The molecule has 0 spiro atoms. The molecule has 7 rings (SSSR count). The molecule has 1 unspecified atom stereocenters. The van der Waals surface area contributed by atoms with Gasteiger partial charge in [0, 0.05) is 57.5 Å². The van der Waals surface area contributed by atoms with E-state index in [1.165, 1.54) is 12.1 Å². The zero-order valence-electron chi connectivity index (χ0n) is 32.6. The average Bonchev–Trinajstić information content (AvgIpc) is 3.89. The van der Waals surface area contributed by atoms with E-state index in [4.69, 9.17) is 4.74 Å². The number of aromatic amines is 1. The lowest BCUT2D eigenvalue weighted by Crippen LogP contribution is -2.55. The topological polar surface area (TPSA) is 166 Å². The van der Waals surface area contributed by atoms with Gasteiger partial charge in [-0.05, 0) is 68.2 Å². The summed E-state index contributed by atoms with van der Waals surface area (Å²) in [6.45, 7) is 2.79. The van der Waals surface area contributed by atoms with Gasteiger partial charge < -0.3 is 25.6 Å². The molecular weight excluding hydrogens is 755 g/mol. The first-order chi connectivity index (χ1) is 27.9. The fourth-order valence-electron chi connectivity index (χ4n) is 8.57. The van der Waals surface area contributed by atoms with E-state index in [1.54, 1.807) is 35.2 Å². The highest BCUT2D eigenvalue weighted by Crippen LogP contribution is 2.48. The van der Waals surface area contributed by atoms with Gasteiger partial charge in [-0.15, -0.1) is 0 Å². The van der Waals surface area contributed by atoms with E-state index in [2.05, 4.69) is 26.1 Å². The summed E-state index contributed by atoms with van der Waals surface area (Å²) in [7, 11) is 0. The van der Waals surface area contributed by atoms with Gasteiger partial charge >= 0.3 is 0 Å². The van der Waals surface area contributed by atoms with Crippen molar-refractivity contribution in [1.82, 2.24) is 35.9 Å². The van der Waals surface area contributed by atoms with Crippen LogP contribution in [0, 0.1) is 17.7 Å². The molecule has 2 atom stereocenters. The van der Waals surface area contributed by atoms with Crippen molar-refractivity contribution in [3.63, 3.8) is 0 Å². The standard InChI is InChI=1S/C42H52F3N7O6/c43-34-11-10-26(23-35-30-8-4-5-9-31(30)39(55)50-49-35)22-32(34)38(54)47-17-16-46-36(53)25-51-18-12-28(13-19-51)58-29-14-20-52(21-15-29)41(57)37(27-6-2-1-3-7-27)48-40(56)33-24-42(33,44)45/h4-5,8-11,22,27-29,33,37H,1-3,6-7,12-21,23-25H2,(H,46,53)(H,47,54)(H,48,56)(H,50,55)/t33-,37?/m0/s1. The highest BCUT2D eigenvalue weighted by molar-refractivity contribution is 5.95. The van der Waals surface area contributed by atoms with Crippen molar-refractivity contribution in [1.29, 1.82) is 0 Å². The van der Waals surface area contributed by atoms with Crippen LogP contribution in [0.5, 0.6) is 0 Å². The first-order valence-corrected chi connectivity index (χ1v) is 20.6. The molecule has 2 aliphatic heterocycles. The zero-order chi connectivity index (χ0) is 40.8. The molecule has 0 bridgehead atoms. The summed E-state index contributed by atoms with van der Waals surface area (Å²) < 4.78 is 48.3. The number of benzene rings is 2. The number of nitrogens with zero attached hydrogens (tertiary/aromatic N) is 3. The molecule has 13 nitrogen and oxygen atoms in total.